The molecule has 1 N–H and O–H groups in total. The molecule has 0 unspecified atom stereocenters. The highest BCUT2D eigenvalue weighted by molar-refractivity contribution is 6.13. The number of benzene rings is 3. The van der Waals surface area contributed by atoms with Crippen molar-refractivity contribution in [1.82, 2.24) is 4.98 Å². The average molecular weight is 422 g/mol. The molecule has 3 aromatic carbocycles. The average Bonchev–Trinajstić information content (AvgIpc) is 2.78. The molecule has 1 aromatic heterocycles. The van der Waals surface area contributed by atoms with Gasteiger partial charge in [-0.3, -0.25) is 4.79 Å². The summed E-state index contributed by atoms with van der Waals surface area (Å²) in [5.74, 6) is 0.262. The topological polar surface area (TPSA) is 51.2 Å². The molecule has 0 spiro atoms. The fourth-order valence-electron chi connectivity index (χ4n) is 3.21. The molecule has 0 aliphatic carbocycles. The number of carbonyl (C=O) groups excluding carboxylic acids is 1. The van der Waals surface area contributed by atoms with Crippen LogP contribution in [-0.4, -0.2) is 18.0 Å². The fraction of sp³-hybridized carbons (Fsp3) is 0.0833. The maximum absolute atomic E-state index is 13.0. The molecule has 0 aliphatic heterocycles. The van der Waals surface area contributed by atoms with Crippen molar-refractivity contribution in [1.29, 1.82) is 0 Å². The number of anilines is 1. The van der Waals surface area contributed by atoms with Crippen molar-refractivity contribution in [2.45, 2.75) is 6.18 Å². The molecule has 0 fully saturated rings. The van der Waals surface area contributed by atoms with Crippen LogP contribution in [0, 0.1) is 0 Å². The number of para-hydroxylation sites is 1. The van der Waals surface area contributed by atoms with Gasteiger partial charge in [0.1, 0.15) is 5.75 Å². The lowest BCUT2D eigenvalue weighted by Gasteiger charge is -2.12. The Balaban J connectivity index is 1.70. The lowest BCUT2D eigenvalue weighted by Crippen LogP contribution is -2.13. The van der Waals surface area contributed by atoms with Gasteiger partial charge in [0, 0.05) is 16.6 Å². The van der Waals surface area contributed by atoms with Crippen LogP contribution in [0.2, 0.25) is 0 Å². The van der Waals surface area contributed by atoms with Gasteiger partial charge in [0.25, 0.3) is 5.91 Å². The summed E-state index contributed by atoms with van der Waals surface area (Å²) >= 11 is 0. The molecule has 7 heteroatoms. The van der Waals surface area contributed by atoms with Crippen LogP contribution < -0.4 is 10.1 Å². The van der Waals surface area contributed by atoms with E-state index < -0.39 is 17.6 Å². The van der Waals surface area contributed by atoms with E-state index in [1.165, 1.54) is 12.1 Å². The first-order valence-electron chi connectivity index (χ1n) is 9.38. The highest BCUT2D eigenvalue weighted by atomic mass is 19.4. The first-order chi connectivity index (χ1) is 14.8. The van der Waals surface area contributed by atoms with E-state index in [0.29, 0.717) is 27.9 Å². The normalized spacial score (nSPS) is 11.4. The van der Waals surface area contributed by atoms with E-state index in [1.807, 2.05) is 18.2 Å². The Bertz CT molecular complexity index is 1230. The fourth-order valence-corrected chi connectivity index (χ4v) is 3.21. The Hall–Kier alpha value is -3.87. The summed E-state index contributed by atoms with van der Waals surface area (Å²) < 4.78 is 43.5. The third-order valence-electron chi connectivity index (χ3n) is 4.82. The largest absolute Gasteiger partial charge is 0.497 e. The van der Waals surface area contributed by atoms with Gasteiger partial charge in [-0.2, -0.15) is 13.2 Å². The van der Waals surface area contributed by atoms with Gasteiger partial charge in [0.15, 0.2) is 0 Å². The molecule has 1 amide bonds. The number of halogens is 3. The number of pyridine rings is 1. The minimum absolute atomic E-state index is 0.268. The van der Waals surface area contributed by atoms with Crippen LogP contribution >= 0.6 is 0 Å². The first-order valence-corrected chi connectivity index (χ1v) is 9.38. The minimum atomic E-state index is -4.43. The molecule has 156 valence electrons. The van der Waals surface area contributed by atoms with Crippen LogP contribution in [0.25, 0.3) is 22.2 Å². The van der Waals surface area contributed by atoms with Crippen LogP contribution in [0.15, 0.2) is 78.9 Å². The molecule has 4 rings (SSSR count). The number of nitrogens with zero attached hydrogens (tertiary/aromatic N) is 1. The molecular weight excluding hydrogens is 405 g/mol. The van der Waals surface area contributed by atoms with Crippen LogP contribution in [0.4, 0.5) is 18.9 Å². The number of aromatic nitrogens is 1. The molecule has 31 heavy (non-hydrogen) atoms. The maximum Gasteiger partial charge on any atom is 0.416 e. The number of amides is 1. The van der Waals surface area contributed by atoms with E-state index in [4.69, 9.17) is 4.74 Å². The summed E-state index contributed by atoms with van der Waals surface area (Å²) in [7, 11) is 1.58. The zero-order valence-corrected chi connectivity index (χ0v) is 16.4. The van der Waals surface area contributed by atoms with Crippen molar-refractivity contribution in [2.24, 2.45) is 0 Å². The predicted octanol–water partition coefficient (Wildman–Crippen LogP) is 6.18. The van der Waals surface area contributed by atoms with Gasteiger partial charge in [-0.15, -0.1) is 0 Å². The van der Waals surface area contributed by atoms with Crippen molar-refractivity contribution in [3.63, 3.8) is 0 Å². The van der Waals surface area contributed by atoms with Gasteiger partial charge in [0.2, 0.25) is 0 Å². The zero-order chi connectivity index (χ0) is 22.0. The summed E-state index contributed by atoms with van der Waals surface area (Å²) in [6.45, 7) is 0. The number of hydrogen-bond donors (Lipinski definition) is 1. The van der Waals surface area contributed by atoms with Crippen LogP contribution in [0.5, 0.6) is 5.75 Å². The second-order valence-corrected chi connectivity index (χ2v) is 6.83. The molecule has 4 nitrogen and oxygen atoms in total. The Labute approximate surface area is 176 Å². The number of methoxy groups -OCH3 is 1. The van der Waals surface area contributed by atoms with Gasteiger partial charge in [-0.25, -0.2) is 4.98 Å². The molecule has 0 atom stereocenters. The van der Waals surface area contributed by atoms with Crippen LogP contribution in [0.1, 0.15) is 15.9 Å². The van der Waals surface area contributed by atoms with Gasteiger partial charge in [0.05, 0.1) is 29.4 Å². The maximum atomic E-state index is 13.0. The monoisotopic (exact) mass is 422 g/mol. The standard InChI is InChI=1S/C24H17F3N2O2/c1-31-18-12-6-15(7-13-18)22-14-20(19-4-2-3-5-21(19)29-22)23(30)28-17-10-8-16(9-11-17)24(25,26)27/h2-14H,1H3,(H,28,30). The van der Waals surface area contributed by atoms with E-state index >= 15 is 0 Å². The summed E-state index contributed by atoms with van der Waals surface area (Å²) in [4.78, 5) is 17.7. The molecule has 0 bridgehead atoms. The molecule has 1 heterocycles. The van der Waals surface area contributed by atoms with Gasteiger partial charge < -0.3 is 10.1 Å². The number of hydrogen-bond acceptors (Lipinski definition) is 3. The Morgan fingerprint density at radius 1 is 0.935 bits per heavy atom. The highest BCUT2D eigenvalue weighted by Gasteiger charge is 2.30. The molecular formula is C24H17F3N2O2. The second-order valence-electron chi connectivity index (χ2n) is 6.83. The summed E-state index contributed by atoms with van der Waals surface area (Å²) in [6, 6.07) is 20.5. The van der Waals surface area contributed by atoms with Crippen LogP contribution in [0.3, 0.4) is 0 Å². The lowest BCUT2D eigenvalue weighted by molar-refractivity contribution is -0.137. The number of rotatable bonds is 4. The number of alkyl halides is 3. The lowest BCUT2D eigenvalue weighted by atomic mass is 10.0. The summed E-state index contributed by atoms with van der Waals surface area (Å²) in [5.41, 5.74) is 1.89. The second kappa shape index (κ2) is 8.10. The number of nitrogens with one attached hydrogen (secondary N) is 1. The van der Waals surface area contributed by atoms with Gasteiger partial charge in [-0.05, 0) is 60.7 Å². The van der Waals surface area contributed by atoms with E-state index in [0.717, 1.165) is 17.7 Å². The smallest absolute Gasteiger partial charge is 0.416 e. The number of carbonyl (C=O) groups is 1. The zero-order valence-electron chi connectivity index (χ0n) is 16.4. The molecule has 0 aliphatic rings. The van der Waals surface area contributed by atoms with Crippen molar-refractivity contribution < 1.29 is 22.7 Å². The molecule has 0 saturated heterocycles. The van der Waals surface area contributed by atoms with Crippen LogP contribution in [-0.2, 0) is 6.18 Å². The van der Waals surface area contributed by atoms with E-state index in [2.05, 4.69) is 10.3 Å². The summed E-state index contributed by atoms with van der Waals surface area (Å²) in [6.07, 6.45) is -4.43. The number of ether oxygens (including phenoxy) is 1. The van der Waals surface area contributed by atoms with Crippen molar-refractivity contribution >= 4 is 22.5 Å². The quantitative estimate of drug-likeness (QED) is 0.427. The Kier molecular flexibility index (Phi) is 5.33. The van der Waals surface area contributed by atoms with Gasteiger partial charge >= 0.3 is 6.18 Å². The third kappa shape index (κ3) is 4.35. The van der Waals surface area contributed by atoms with Crippen molar-refractivity contribution in [3.8, 4) is 17.0 Å². The first kappa shape index (κ1) is 20.4. The minimum Gasteiger partial charge on any atom is -0.497 e. The third-order valence-corrected chi connectivity index (χ3v) is 4.82. The molecule has 4 aromatic rings. The van der Waals surface area contributed by atoms with Gasteiger partial charge in [-0.1, -0.05) is 18.2 Å². The van der Waals surface area contributed by atoms with E-state index in [9.17, 15) is 18.0 Å². The molecule has 0 saturated carbocycles. The summed E-state index contributed by atoms with van der Waals surface area (Å²) in [5, 5.41) is 3.31. The van der Waals surface area contributed by atoms with Crippen molar-refractivity contribution in [2.75, 3.05) is 12.4 Å². The Morgan fingerprint density at radius 2 is 1.61 bits per heavy atom. The Morgan fingerprint density at radius 3 is 2.26 bits per heavy atom. The van der Waals surface area contributed by atoms with Crippen molar-refractivity contribution in [3.05, 3.63) is 90.0 Å². The van der Waals surface area contributed by atoms with E-state index in [1.54, 1.807) is 43.5 Å². The highest BCUT2D eigenvalue weighted by Crippen LogP contribution is 2.30. The number of fused-ring (bicyclic) bond motifs is 1. The van der Waals surface area contributed by atoms with E-state index in [-0.39, 0.29) is 5.69 Å². The molecule has 0 radical (unpaired) electrons. The predicted molar refractivity (Wildman–Crippen MR) is 113 cm³/mol. The SMILES string of the molecule is COc1ccc(-c2cc(C(=O)Nc3ccc(C(F)(F)F)cc3)c3ccccc3n2)cc1.